The number of anilines is 3. The van der Waals surface area contributed by atoms with Gasteiger partial charge >= 0.3 is 0 Å². The molecule has 0 spiro atoms. The maximum atomic E-state index is 6.18. The van der Waals surface area contributed by atoms with Gasteiger partial charge in [-0.25, -0.2) is 4.98 Å². The van der Waals surface area contributed by atoms with Crippen LogP contribution in [0.5, 0.6) is 0 Å². The summed E-state index contributed by atoms with van der Waals surface area (Å²) in [5.41, 5.74) is 3.82. The van der Waals surface area contributed by atoms with Crippen molar-refractivity contribution in [1.29, 1.82) is 0 Å². The van der Waals surface area contributed by atoms with E-state index in [0.717, 1.165) is 27.5 Å². The molecule has 0 aliphatic heterocycles. The van der Waals surface area contributed by atoms with E-state index in [1.807, 2.05) is 61.5 Å². The fourth-order valence-electron chi connectivity index (χ4n) is 2.20. The van der Waals surface area contributed by atoms with Gasteiger partial charge in [0.2, 0.25) is 5.95 Å². The summed E-state index contributed by atoms with van der Waals surface area (Å²) in [4.78, 5) is 8.96. The van der Waals surface area contributed by atoms with Crippen molar-refractivity contribution in [3.05, 3.63) is 65.2 Å². The molecular formula is C18H17ClN4. The molecular weight excluding hydrogens is 308 g/mol. The molecule has 2 N–H and O–H groups in total. The van der Waals surface area contributed by atoms with E-state index < -0.39 is 0 Å². The minimum Gasteiger partial charge on any atom is -0.357 e. The lowest BCUT2D eigenvalue weighted by Crippen LogP contribution is -2.02. The van der Waals surface area contributed by atoms with Crippen molar-refractivity contribution in [2.24, 2.45) is 0 Å². The van der Waals surface area contributed by atoms with Crippen LogP contribution in [0.3, 0.4) is 0 Å². The number of hydrogen-bond donors (Lipinski definition) is 2. The molecule has 1 heterocycles. The van der Waals surface area contributed by atoms with Gasteiger partial charge in [-0.15, -0.1) is 0 Å². The van der Waals surface area contributed by atoms with Gasteiger partial charge in [0.25, 0.3) is 0 Å². The summed E-state index contributed by atoms with van der Waals surface area (Å²) in [7, 11) is 1.80. The molecule has 3 rings (SSSR count). The lowest BCUT2D eigenvalue weighted by Gasteiger charge is -2.11. The van der Waals surface area contributed by atoms with E-state index in [0.29, 0.717) is 11.8 Å². The first-order valence-electron chi connectivity index (χ1n) is 7.31. The highest BCUT2D eigenvalue weighted by atomic mass is 35.5. The highest BCUT2D eigenvalue weighted by Gasteiger charge is 2.07. The van der Waals surface area contributed by atoms with Crippen LogP contribution >= 0.6 is 11.6 Å². The quantitative estimate of drug-likeness (QED) is 0.717. The van der Waals surface area contributed by atoms with Crippen LogP contribution in [0.25, 0.3) is 11.3 Å². The van der Waals surface area contributed by atoms with Gasteiger partial charge in [-0.2, -0.15) is 4.98 Å². The number of benzene rings is 2. The van der Waals surface area contributed by atoms with Gasteiger partial charge in [-0.05, 0) is 24.6 Å². The molecule has 2 aromatic carbocycles. The van der Waals surface area contributed by atoms with Crippen molar-refractivity contribution in [3.63, 3.8) is 0 Å². The van der Waals surface area contributed by atoms with Gasteiger partial charge in [0.1, 0.15) is 5.82 Å². The summed E-state index contributed by atoms with van der Waals surface area (Å²) in [6, 6.07) is 17.8. The smallest absolute Gasteiger partial charge is 0.224 e. The van der Waals surface area contributed by atoms with E-state index in [1.54, 1.807) is 7.05 Å². The molecule has 4 nitrogen and oxygen atoms in total. The van der Waals surface area contributed by atoms with Crippen molar-refractivity contribution in [1.82, 2.24) is 9.97 Å². The third kappa shape index (κ3) is 3.60. The second-order valence-electron chi connectivity index (χ2n) is 5.17. The van der Waals surface area contributed by atoms with E-state index in [9.17, 15) is 0 Å². The molecule has 0 aliphatic rings. The first-order chi connectivity index (χ1) is 11.2. The zero-order valence-electron chi connectivity index (χ0n) is 13.0. The molecule has 0 aliphatic carbocycles. The Labute approximate surface area is 140 Å². The Bertz CT molecular complexity index is 819. The van der Waals surface area contributed by atoms with Crippen molar-refractivity contribution in [2.45, 2.75) is 6.92 Å². The molecule has 0 saturated carbocycles. The Hall–Kier alpha value is -2.59. The topological polar surface area (TPSA) is 49.8 Å². The SMILES string of the molecule is CNc1nc(Nc2ccc(C)c(Cl)c2)cc(-c2ccccc2)n1. The first kappa shape index (κ1) is 15.3. The summed E-state index contributed by atoms with van der Waals surface area (Å²) >= 11 is 6.18. The molecule has 0 unspecified atom stereocenters. The van der Waals surface area contributed by atoms with E-state index in [1.165, 1.54) is 0 Å². The van der Waals surface area contributed by atoms with Gasteiger partial charge in [0.15, 0.2) is 0 Å². The summed E-state index contributed by atoms with van der Waals surface area (Å²) in [6.45, 7) is 1.98. The number of aryl methyl sites for hydroxylation is 1. The molecule has 5 heteroatoms. The molecule has 0 bridgehead atoms. The van der Waals surface area contributed by atoms with Crippen LogP contribution in [0.4, 0.5) is 17.5 Å². The van der Waals surface area contributed by atoms with Crippen LogP contribution in [0, 0.1) is 6.92 Å². The van der Waals surface area contributed by atoms with Gasteiger partial charge in [-0.3, -0.25) is 0 Å². The normalized spacial score (nSPS) is 10.4. The Morgan fingerprint density at radius 3 is 2.43 bits per heavy atom. The fraction of sp³-hybridized carbons (Fsp3) is 0.111. The van der Waals surface area contributed by atoms with Crippen molar-refractivity contribution >= 4 is 29.1 Å². The zero-order chi connectivity index (χ0) is 16.2. The van der Waals surface area contributed by atoms with Crippen molar-refractivity contribution in [2.75, 3.05) is 17.7 Å². The van der Waals surface area contributed by atoms with Crippen LogP contribution in [-0.2, 0) is 0 Å². The molecule has 0 fully saturated rings. The molecule has 0 saturated heterocycles. The van der Waals surface area contributed by atoms with Crippen molar-refractivity contribution in [3.8, 4) is 11.3 Å². The Kier molecular flexibility index (Phi) is 4.44. The number of hydrogen-bond acceptors (Lipinski definition) is 4. The number of rotatable bonds is 4. The highest BCUT2D eigenvalue weighted by molar-refractivity contribution is 6.31. The van der Waals surface area contributed by atoms with Crippen LogP contribution in [0.1, 0.15) is 5.56 Å². The van der Waals surface area contributed by atoms with Crippen LogP contribution in [-0.4, -0.2) is 17.0 Å². The molecule has 0 amide bonds. The van der Waals surface area contributed by atoms with Crippen LogP contribution in [0.2, 0.25) is 5.02 Å². The third-order valence-corrected chi connectivity index (χ3v) is 3.87. The molecule has 116 valence electrons. The maximum Gasteiger partial charge on any atom is 0.224 e. The fourth-order valence-corrected chi connectivity index (χ4v) is 2.38. The third-order valence-electron chi connectivity index (χ3n) is 3.46. The molecule has 3 aromatic rings. The predicted octanol–water partition coefficient (Wildman–Crippen LogP) is 4.89. The largest absolute Gasteiger partial charge is 0.357 e. The lowest BCUT2D eigenvalue weighted by atomic mass is 10.1. The monoisotopic (exact) mass is 324 g/mol. The standard InChI is InChI=1S/C18H17ClN4/c1-12-8-9-14(10-15(12)19)21-17-11-16(22-18(20-2)23-17)13-6-4-3-5-7-13/h3-11H,1-2H3,(H2,20,21,22,23). The van der Waals surface area contributed by atoms with Crippen molar-refractivity contribution < 1.29 is 0 Å². The van der Waals surface area contributed by atoms with Gasteiger partial charge in [0, 0.05) is 29.4 Å². The summed E-state index contributed by atoms with van der Waals surface area (Å²) in [5.74, 6) is 1.27. The Balaban J connectivity index is 1.97. The summed E-state index contributed by atoms with van der Waals surface area (Å²) in [5, 5.41) is 7.00. The molecule has 1 aromatic heterocycles. The van der Waals surface area contributed by atoms with Gasteiger partial charge in [0.05, 0.1) is 5.69 Å². The van der Waals surface area contributed by atoms with Crippen LogP contribution < -0.4 is 10.6 Å². The first-order valence-corrected chi connectivity index (χ1v) is 7.69. The molecule has 23 heavy (non-hydrogen) atoms. The molecule has 0 atom stereocenters. The van der Waals surface area contributed by atoms with Gasteiger partial charge < -0.3 is 10.6 Å². The summed E-state index contributed by atoms with van der Waals surface area (Å²) < 4.78 is 0. The molecule has 0 radical (unpaired) electrons. The number of aromatic nitrogens is 2. The average Bonchev–Trinajstić information content (AvgIpc) is 2.58. The zero-order valence-corrected chi connectivity index (χ0v) is 13.7. The van der Waals surface area contributed by atoms with E-state index >= 15 is 0 Å². The predicted molar refractivity (Wildman–Crippen MR) is 96.5 cm³/mol. The highest BCUT2D eigenvalue weighted by Crippen LogP contribution is 2.25. The minimum atomic E-state index is 0.562. The van der Waals surface area contributed by atoms with Crippen LogP contribution in [0.15, 0.2) is 54.6 Å². The minimum absolute atomic E-state index is 0.562. The number of halogens is 1. The lowest BCUT2D eigenvalue weighted by molar-refractivity contribution is 1.15. The van der Waals surface area contributed by atoms with E-state index in [-0.39, 0.29) is 0 Å². The Morgan fingerprint density at radius 2 is 1.74 bits per heavy atom. The Morgan fingerprint density at radius 1 is 0.957 bits per heavy atom. The second-order valence-corrected chi connectivity index (χ2v) is 5.57. The summed E-state index contributed by atoms with van der Waals surface area (Å²) in [6.07, 6.45) is 0. The average molecular weight is 325 g/mol. The second kappa shape index (κ2) is 6.67. The number of nitrogens with zero attached hydrogens (tertiary/aromatic N) is 2. The maximum absolute atomic E-state index is 6.18. The number of nitrogens with one attached hydrogen (secondary N) is 2. The van der Waals surface area contributed by atoms with E-state index in [2.05, 4.69) is 20.6 Å². The van der Waals surface area contributed by atoms with E-state index in [4.69, 9.17) is 11.6 Å². The van der Waals surface area contributed by atoms with Gasteiger partial charge in [-0.1, -0.05) is 48.0 Å².